The Morgan fingerprint density at radius 2 is 1.62 bits per heavy atom. The van der Waals surface area contributed by atoms with Crippen LogP contribution in [0.4, 0.5) is 0 Å². The zero-order valence-corrected chi connectivity index (χ0v) is 16.0. The largest absolute Gasteiger partial charge is 0.481 e. The molecule has 0 aromatic rings. The van der Waals surface area contributed by atoms with Crippen LogP contribution in [0, 0.1) is 39.4 Å². The first-order chi connectivity index (χ1) is 12.0. The van der Waals surface area contributed by atoms with Gasteiger partial charge in [-0.15, -0.1) is 0 Å². The van der Waals surface area contributed by atoms with Crippen molar-refractivity contribution in [3.05, 3.63) is 0 Å². The van der Waals surface area contributed by atoms with Gasteiger partial charge in [-0.25, -0.2) is 0 Å². The van der Waals surface area contributed by atoms with E-state index >= 15 is 0 Å². The minimum atomic E-state index is -0.968. The van der Waals surface area contributed by atoms with Crippen molar-refractivity contribution in [2.24, 2.45) is 39.4 Å². The minimum absolute atomic E-state index is 0.0615. The van der Waals surface area contributed by atoms with Gasteiger partial charge in [-0.3, -0.25) is 14.4 Å². The third-order valence-electron chi connectivity index (χ3n) is 9.24. The second-order valence-corrected chi connectivity index (χ2v) is 10.4. The second kappa shape index (κ2) is 5.11. The summed E-state index contributed by atoms with van der Waals surface area (Å²) in [4.78, 5) is 37.3. The number of carboxylic acids is 2. The molecule has 26 heavy (non-hydrogen) atoms. The molecule has 0 saturated heterocycles. The topological polar surface area (TPSA) is 91.7 Å². The molecule has 2 N–H and O–H groups in total. The first kappa shape index (κ1) is 18.0. The molecule has 144 valence electrons. The van der Waals surface area contributed by atoms with Crippen molar-refractivity contribution >= 4 is 17.7 Å². The van der Waals surface area contributed by atoms with Crippen LogP contribution in [-0.4, -0.2) is 27.9 Å². The van der Waals surface area contributed by atoms with E-state index in [4.69, 9.17) is 0 Å². The average molecular weight is 362 g/mol. The Labute approximate surface area is 154 Å². The zero-order chi connectivity index (χ0) is 19.1. The fourth-order valence-corrected chi connectivity index (χ4v) is 8.21. The van der Waals surface area contributed by atoms with Gasteiger partial charge >= 0.3 is 11.9 Å². The molecule has 4 aliphatic carbocycles. The average Bonchev–Trinajstić information content (AvgIpc) is 2.69. The minimum Gasteiger partial charge on any atom is -0.481 e. The molecule has 0 amide bonds. The first-order valence-corrected chi connectivity index (χ1v) is 10.0. The molecule has 0 radical (unpaired) electrons. The lowest BCUT2D eigenvalue weighted by atomic mass is 9.39. The highest BCUT2D eigenvalue weighted by atomic mass is 16.4. The van der Waals surface area contributed by atoms with Gasteiger partial charge in [0, 0.05) is 5.41 Å². The molecular weight excluding hydrogens is 332 g/mol. The molecule has 0 aromatic carbocycles. The summed E-state index contributed by atoms with van der Waals surface area (Å²) in [5.41, 5.74) is -1.91. The number of carbonyl (C=O) groups excluding carboxylic acids is 1. The van der Waals surface area contributed by atoms with Crippen molar-refractivity contribution in [2.45, 2.75) is 72.1 Å². The number of rotatable bonds is 2. The molecule has 5 nitrogen and oxygen atoms in total. The molecule has 1 unspecified atom stereocenters. The maximum absolute atomic E-state index is 13.0. The van der Waals surface area contributed by atoms with Gasteiger partial charge in [0.25, 0.3) is 0 Å². The van der Waals surface area contributed by atoms with Gasteiger partial charge in [-0.2, -0.15) is 0 Å². The Hall–Kier alpha value is -1.39. The predicted octanol–water partition coefficient (Wildman–Crippen LogP) is 3.75. The molecule has 4 fully saturated rings. The van der Waals surface area contributed by atoms with E-state index in [0.29, 0.717) is 19.3 Å². The third-order valence-corrected chi connectivity index (χ3v) is 9.24. The number of carboxylic acid groups (broad SMARTS) is 2. The van der Waals surface area contributed by atoms with E-state index in [1.807, 2.05) is 13.8 Å². The zero-order valence-electron chi connectivity index (χ0n) is 16.0. The third kappa shape index (κ3) is 1.90. The highest BCUT2D eigenvalue weighted by Gasteiger charge is 2.73. The lowest BCUT2D eigenvalue weighted by Crippen LogP contribution is -2.60. The number of fused-ring (bicyclic) bond motifs is 3. The van der Waals surface area contributed by atoms with Crippen LogP contribution in [0.3, 0.4) is 0 Å². The van der Waals surface area contributed by atoms with Crippen molar-refractivity contribution in [2.75, 3.05) is 0 Å². The second-order valence-electron chi connectivity index (χ2n) is 10.4. The number of Topliss-reactive ketones (excluding diaryl/α,β-unsaturated/α-hetero) is 1. The monoisotopic (exact) mass is 362 g/mol. The van der Waals surface area contributed by atoms with Crippen molar-refractivity contribution in [3.63, 3.8) is 0 Å². The summed E-state index contributed by atoms with van der Waals surface area (Å²) in [6.45, 7) is 6.04. The Morgan fingerprint density at radius 3 is 2.23 bits per heavy atom. The smallest absolute Gasteiger partial charge is 0.314 e. The number of ketones is 1. The molecule has 1 spiro atoms. The van der Waals surface area contributed by atoms with E-state index in [9.17, 15) is 24.6 Å². The van der Waals surface area contributed by atoms with Crippen molar-refractivity contribution in [1.29, 1.82) is 0 Å². The van der Waals surface area contributed by atoms with Gasteiger partial charge < -0.3 is 10.2 Å². The highest BCUT2D eigenvalue weighted by Crippen LogP contribution is 2.74. The number of carbonyl (C=O) groups is 3. The fraction of sp³-hybridized carbons (Fsp3) is 0.857. The molecule has 0 aromatic heterocycles. The molecule has 0 aliphatic heterocycles. The maximum atomic E-state index is 13.0. The summed E-state index contributed by atoms with van der Waals surface area (Å²) in [5, 5.41) is 19.9. The summed E-state index contributed by atoms with van der Waals surface area (Å²) in [5.74, 6) is -2.48. The number of aliphatic carboxylic acids is 2. The van der Waals surface area contributed by atoms with Crippen LogP contribution in [0.2, 0.25) is 0 Å². The summed E-state index contributed by atoms with van der Waals surface area (Å²) >= 11 is 0. The van der Waals surface area contributed by atoms with Gasteiger partial charge in [-0.1, -0.05) is 20.3 Å². The van der Waals surface area contributed by atoms with Crippen LogP contribution in [0.15, 0.2) is 0 Å². The number of hydrogen-bond donors (Lipinski definition) is 2. The normalized spacial score (nSPS) is 52.9. The Kier molecular flexibility index (Phi) is 3.54. The lowest BCUT2D eigenvalue weighted by Gasteiger charge is -2.64. The Balaban J connectivity index is 1.83. The van der Waals surface area contributed by atoms with Gasteiger partial charge in [0.2, 0.25) is 0 Å². The quantitative estimate of drug-likeness (QED) is 0.730. The van der Waals surface area contributed by atoms with Crippen LogP contribution in [-0.2, 0) is 14.4 Å². The van der Waals surface area contributed by atoms with Crippen LogP contribution >= 0.6 is 0 Å². The molecule has 4 aliphatic rings. The molecule has 4 saturated carbocycles. The lowest BCUT2D eigenvalue weighted by molar-refractivity contribution is -0.191. The molecule has 7 atom stereocenters. The fourth-order valence-electron chi connectivity index (χ4n) is 8.21. The first-order valence-electron chi connectivity index (χ1n) is 10.0. The van der Waals surface area contributed by atoms with Crippen molar-refractivity contribution < 1.29 is 24.6 Å². The predicted molar refractivity (Wildman–Crippen MR) is 94.4 cm³/mol. The van der Waals surface area contributed by atoms with E-state index in [0.717, 1.165) is 32.1 Å². The molecule has 0 heterocycles. The van der Waals surface area contributed by atoms with E-state index < -0.39 is 34.1 Å². The van der Waals surface area contributed by atoms with Crippen molar-refractivity contribution in [3.8, 4) is 0 Å². The van der Waals surface area contributed by atoms with E-state index in [1.165, 1.54) is 0 Å². The van der Waals surface area contributed by atoms with Crippen LogP contribution in [0.1, 0.15) is 72.1 Å². The summed E-state index contributed by atoms with van der Waals surface area (Å²) < 4.78 is 0. The van der Waals surface area contributed by atoms with Gasteiger partial charge in [0.05, 0.1) is 5.41 Å². The van der Waals surface area contributed by atoms with E-state index in [2.05, 4.69) is 6.92 Å². The SMILES string of the molecule is C[C@]12CC[C@@H]3C(CC[C@H]4[C@@]3(C)CCC[C@@]4(C)C(=O)O)(C1)[C@H](C(=O)O)C2=O. The van der Waals surface area contributed by atoms with Crippen LogP contribution < -0.4 is 0 Å². The van der Waals surface area contributed by atoms with Crippen molar-refractivity contribution in [1.82, 2.24) is 0 Å². The molecule has 4 rings (SSSR count). The summed E-state index contributed by atoms with van der Waals surface area (Å²) in [6.07, 6.45) is 6.19. The van der Waals surface area contributed by atoms with Gasteiger partial charge in [0.1, 0.15) is 5.92 Å². The standard InChI is InChI=1S/C21H30O5/c1-18-9-5-13-19(2)7-4-8-20(3,17(25)26)12(19)6-10-21(13,11-18)14(15(18)22)16(23)24/h12-14H,4-11H2,1-3H3,(H,23,24)(H,25,26)/t12-,13-,14-,18-,19+,20+,21?/m0/s1. The summed E-state index contributed by atoms with van der Waals surface area (Å²) in [7, 11) is 0. The maximum Gasteiger partial charge on any atom is 0.314 e. The molecular formula is C21H30O5. The highest BCUT2D eigenvalue weighted by molar-refractivity contribution is 6.04. The number of hydrogen-bond acceptors (Lipinski definition) is 3. The Bertz CT molecular complexity index is 701. The van der Waals surface area contributed by atoms with Gasteiger partial charge in [-0.05, 0) is 74.5 Å². The molecule has 2 bridgehead atoms. The van der Waals surface area contributed by atoms with E-state index in [1.54, 1.807) is 0 Å². The Morgan fingerprint density at radius 1 is 0.962 bits per heavy atom. The van der Waals surface area contributed by atoms with Crippen LogP contribution in [0.5, 0.6) is 0 Å². The van der Waals surface area contributed by atoms with E-state index in [-0.39, 0.29) is 23.0 Å². The van der Waals surface area contributed by atoms with Gasteiger partial charge in [0.15, 0.2) is 5.78 Å². The van der Waals surface area contributed by atoms with Crippen LogP contribution in [0.25, 0.3) is 0 Å². The summed E-state index contributed by atoms with van der Waals surface area (Å²) in [6, 6.07) is 0. The molecule has 5 heteroatoms.